The van der Waals surface area contributed by atoms with Crippen molar-refractivity contribution in [2.45, 2.75) is 32.8 Å². The highest BCUT2D eigenvalue weighted by atomic mass is 79.9. The Labute approximate surface area is 121 Å². The van der Waals surface area contributed by atoms with Crippen LogP contribution in [0.5, 0.6) is 5.75 Å². The lowest BCUT2D eigenvalue weighted by Crippen LogP contribution is -2.24. The Kier molecular flexibility index (Phi) is 5.47. The third-order valence-corrected chi connectivity index (χ3v) is 2.67. The molecule has 0 saturated heterocycles. The number of carbonyl (C=O) groups excluding carboxylic acids is 1. The fourth-order valence-corrected chi connectivity index (χ4v) is 1.96. The van der Waals surface area contributed by atoms with E-state index in [9.17, 15) is 4.79 Å². The van der Waals surface area contributed by atoms with Crippen LogP contribution in [0.3, 0.4) is 0 Å². The third kappa shape index (κ3) is 5.74. The Morgan fingerprint density at radius 2 is 2.06 bits per heavy atom. The molecule has 1 rings (SSSR count). The molecule has 0 spiro atoms. The van der Waals surface area contributed by atoms with Crippen LogP contribution in [0.1, 0.15) is 27.2 Å². The van der Waals surface area contributed by atoms with Gasteiger partial charge in [-0.3, -0.25) is 4.79 Å². The van der Waals surface area contributed by atoms with Gasteiger partial charge in [0.05, 0.1) is 18.1 Å². The zero-order valence-corrected chi connectivity index (χ0v) is 13.0. The van der Waals surface area contributed by atoms with E-state index < -0.39 is 5.60 Å². The SMILES string of the molecule is CC(C)(C)OC(=O)CCOc1ccc(Br)cc1Cl. The van der Waals surface area contributed by atoms with Gasteiger partial charge >= 0.3 is 5.97 Å². The summed E-state index contributed by atoms with van der Waals surface area (Å²) in [5, 5.41) is 0.508. The van der Waals surface area contributed by atoms with Crippen LogP contribution in [0.4, 0.5) is 0 Å². The van der Waals surface area contributed by atoms with Gasteiger partial charge in [-0.15, -0.1) is 0 Å². The van der Waals surface area contributed by atoms with E-state index in [0.29, 0.717) is 10.8 Å². The summed E-state index contributed by atoms with van der Waals surface area (Å²) in [5.41, 5.74) is -0.466. The van der Waals surface area contributed by atoms with Crippen molar-refractivity contribution in [2.24, 2.45) is 0 Å². The average Bonchev–Trinajstić information content (AvgIpc) is 2.18. The van der Waals surface area contributed by atoms with Crippen molar-refractivity contribution in [3.63, 3.8) is 0 Å². The molecule has 0 atom stereocenters. The zero-order chi connectivity index (χ0) is 13.8. The Bertz CT molecular complexity index is 427. The van der Waals surface area contributed by atoms with Crippen LogP contribution in [0, 0.1) is 0 Å². The first-order valence-corrected chi connectivity index (χ1v) is 6.75. The quantitative estimate of drug-likeness (QED) is 0.773. The van der Waals surface area contributed by atoms with Crippen LogP contribution in [0.2, 0.25) is 5.02 Å². The summed E-state index contributed by atoms with van der Waals surface area (Å²) in [4.78, 5) is 11.4. The van der Waals surface area contributed by atoms with E-state index in [-0.39, 0.29) is 19.0 Å². The van der Waals surface area contributed by atoms with Crippen LogP contribution >= 0.6 is 27.5 Å². The summed E-state index contributed by atoms with van der Waals surface area (Å²) in [7, 11) is 0. The molecule has 0 heterocycles. The van der Waals surface area contributed by atoms with Crippen molar-refractivity contribution >= 4 is 33.5 Å². The second-order valence-electron chi connectivity index (χ2n) is 4.76. The predicted molar refractivity (Wildman–Crippen MR) is 75.1 cm³/mol. The summed E-state index contributed by atoms with van der Waals surface area (Å²) in [6.45, 7) is 5.74. The van der Waals surface area contributed by atoms with Gasteiger partial charge < -0.3 is 9.47 Å². The van der Waals surface area contributed by atoms with Crippen LogP contribution in [-0.4, -0.2) is 18.2 Å². The highest BCUT2D eigenvalue weighted by Crippen LogP contribution is 2.27. The minimum absolute atomic E-state index is 0.198. The largest absolute Gasteiger partial charge is 0.491 e. The zero-order valence-electron chi connectivity index (χ0n) is 10.6. The second kappa shape index (κ2) is 6.43. The van der Waals surface area contributed by atoms with Gasteiger partial charge in [-0.1, -0.05) is 27.5 Å². The molecule has 0 aliphatic carbocycles. The summed E-state index contributed by atoms with van der Waals surface area (Å²) >= 11 is 9.29. The van der Waals surface area contributed by atoms with E-state index in [2.05, 4.69) is 15.9 Å². The minimum atomic E-state index is -0.466. The van der Waals surface area contributed by atoms with Gasteiger partial charge in [0, 0.05) is 4.47 Å². The van der Waals surface area contributed by atoms with Crippen molar-refractivity contribution in [3.8, 4) is 5.75 Å². The van der Waals surface area contributed by atoms with Crippen molar-refractivity contribution in [1.29, 1.82) is 0 Å². The molecule has 0 aromatic heterocycles. The average molecular weight is 336 g/mol. The number of hydrogen-bond acceptors (Lipinski definition) is 3. The van der Waals surface area contributed by atoms with Crippen LogP contribution in [0.25, 0.3) is 0 Å². The maximum Gasteiger partial charge on any atom is 0.309 e. The smallest absolute Gasteiger partial charge is 0.309 e. The Morgan fingerprint density at radius 1 is 1.39 bits per heavy atom. The molecule has 1 aromatic rings. The lowest BCUT2D eigenvalue weighted by molar-refractivity contribution is -0.155. The van der Waals surface area contributed by atoms with E-state index in [0.717, 1.165) is 4.47 Å². The third-order valence-electron chi connectivity index (χ3n) is 1.88. The molecule has 0 amide bonds. The van der Waals surface area contributed by atoms with Crippen molar-refractivity contribution in [2.75, 3.05) is 6.61 Å². The lowest BCUT2D eigenvalue weighted by atomic mass is 10.2. The van der Waals surface area contributed by atoms with E-state index in [1.54, 1.807) is 12.1 Å². The van der Waals surface area contributed by atoms with Crippen molar-refractivity contribution < 1.29 is 14.3 Å². The maximum atomic E-state index is 11.4. The van der Waals surface area contributed by atoms with Gasteiger partial charge in [0.25, 0.3) is 0 Å². The number of rotatable bonds is 4. The molecule has 0 aliphatic heterocycles. The number of carbonyl (C=O) groups is 1. The second-order valence-corrected chi connectivity index (χ2v) is 6.08. The van der Waals surface area contributed by atoms with Gasteiger partial charge in [-0.2, -0.15) is 0 Å². The van der Waals surface area contributed by atoms with Gasteiger partial charge in [-0.05, 0) is 39.0 Å². The lowest BCUT2D eigenvalue weighted by Gasteiger charge is -2.19. The summed E-state index contributed by atoms with van der Waals surface area (Å²) in [6.07, 6.45) is 0.198. The normalized spacial score (nSPS) is 11.2. The van der Waals surface area contributed by atoms with Gasteiger partial charge in [-0.25, -0.2) is 0 Å². The standard InChI is InChI=1S/C13H16BrClO3/c1-13(2,3)18-12(16)6-7-17-11-5-4-9(14)8-10(11)15/h4-5,8H,6-7H2,1-3H3. The maximum absolute atomic E-state index is 11.4. The first kappa shape index (κ1) is 15.3. The number of ether oxygens (including phenoxy) is 2. The first-order valence-electron chi connectivity index (χ1n) is 5.57. The molecule has 0 fully saturated rings. The number of halogens is 2. The van der Waals surface area contributed by atoms with E-state index in [4.69, 9.17) is 21.1 Å². The number of esters is 1. The van der Waals surface area contributed by atoms with E-state index in [1.807, 2.05) is 26.8 Å². The fourth-order valence-electron chi connectivity index (χ4n) is 1.23. The van der Waals surface area contributed by atoms with Crippen molar-refractivity contribution in [3.05, 3.63) is 27.7 Å². The van der Waals surface area contributed by atoms with E-state index >= 15 is 0 Å². The Hall–Kier alpha value is -0.740. The first-order chi connectivity index (χ1) is 8.28. The molecule has 5 heteroatoms. The summed E-state index contributed by atoms with van der Waals surface area (Å²) in [6, 6.07) is 5.32. The highest BCUT2D eigenvalue weighted by molar-refractivity contribution is 9.10. The Balaban J connectivity index is 2.40. The van der Waals surface area contributed by atoms with Crippen LogP contribution in [0.15, 0.2) is 22.7 Å². The van der Waals surface area contributed by atoms with Gasteiger partial charge in [0.1, 0.15) is 11.4 Å². The van der Waals surface area contributed by atoms with Gasteiger partial charge in [0.2, 0.25) is 0 Å². The molecular formula is C13H16BrClO3. The monoisotopic (exact) mass is 334 g/mol. The highest BCUT2D eigenvalue weighted by Gasteiger charge is 2.16. The predicted octanol–water partition coefficient (Wildman–Crippen LogP) is 4.21. The number of hydrogen-bond donors (Lipinski definition) is 0. The topological polar surface area (TPSA) is 35.5 Å². The van der Waals surface area contributed by atoms with Crippen molar-refractivity contribution in [1.82, 2.24) is 0 Å². The van der Waals surface area contributed by atoms with Gasteiger partial charge in [0.15, 0.2) is 0 Å². The van der Waals surface area contributed by atoms with Crippen LogP contribution in [-0.2, 0) is 9.53 Å². The molecule has 3 nitrogen and oxygen atoms in total. The minimum Gasteiger partial charge on any atom is -0.491 e. The molecule has 18 heavy (non-hydrogen) atoms. The summed E-state index contributed by atoms with van der Waals surface area (Å²) < 4.78 is 11.5. The number of benzene rings is 1. The molecular weight excluding hydrogens is 319 g/mol. The molecule has 100 valence electrons. The molecule has 0 saturated carbocycles. The van der Waals surface area contributed by atoms with E-state index in [1.165, 1.54) is 0 Å². The Morgan fingerprint density at radius 3 is 2.61 bits per heavy atom. The molecule has 0 N–H and O–H groups in total. The molecule has 0 aliphatic rings. The molecule has 1 aromatic carbocycles. The summed E-state index contributed by atoms with van der Waals surface area (Å²) in [5.74, 6) is 0.277. The molecule has 0 unspecified atom stereocenters. The van der Waals surface area contributed by atoms with Crippen LogP contribution < -0.4 is 4.74 Å². The fraction of sp³-hybridized carbons (Fsp3) is 0.462. The molecule has 0 bridgehead atoms. The molecule has 0 radical (unpaired) electrons.